The van der Waals surface area contributed by atoms with Gasteiger partial charge in [-0.15, -0.1) is 0 Å². The lowest BCUT2D eigenvalue weighted by Crippen LogP contribution is -2.00. The summed E-state index contributed by atoms with van der Waals surface area (Å²) in [7, 11) is 0. The normalized spacial score (nSPS) is 13.8. The van der Waals surface area contributed by atoms with Crippen molar-refractivity contribution in [2.24, 2.45) is 4.99 Å². The van der Waals surface area contributed by atoms with Crippen molar-refractivity contribution in [1.29, 1.82) is 0 Å². The van der Waals surface area contributed by atoms with Crippen molar-refractivity contribution in [3.63, 3.8) is 0 Å². The van der Waals surface area contributed by atoms with Gasteiger partial charge in [0.15, 0.2) is 0 Å². The minimum atomic E-state index is 0.725. The van der Waals surface area contributed by atoms with Crippen LogP contribution in [0.15, 0.2) is 29.3 Å². The number of aryl methyl sites for hydroxylation is 1. The molecule has 1 aromatic carbocycles. The van der Waals surface area contributed by atoms with E-state index >= 15 is 0 Å². The molecule has 2 heteroatoms. The standard InChI is InChI=1S/C10H11NO.C2H6/c1-8-2-4-9(5-3-8)10-11-6-7-12-10;1-2/h2-5H,6-7H2,1H3;1-2H3. The number of ether oxygens (including phenoxy) is 1. The van der Waals surface area contributed by atoms with E-state index in [1.165, 1.54) is 5.56 Å². The fourth-order valence-corrected chi connectivity index (χ4v) is 1.21. The molecule has 0 amide bonds. The maximum atomic E-state index is 5.33. The Kier molecular flexibility index (Phi) is 4.17. The Morgan fingerprint density at radius 2 is 1.79 bits per heavy atom. The van der Waals surface area contributed by atoms with Crippen LogP contribution < -0.4 is 0 Å². The predicted molar refractivity (Wildman–Crippen MR) is 59.9 cm³/mol. The molecule has 0 bridgehead atoms. The molecule has 0 saturated heterocycles. The van der Waals surface area contributed by atoms with Crippen molar-refractivity contribution in [2.45, 2.75) is 20.8 Å². The van der Waals surface area contributed by atoms with Gasteiger partial charge in [-0.2, -0.15) is 0 Å². The molecule has 0 fully saturated rings. The van der Waals surface area contributed by atoms with Crippen LogP contribution in [0.4, 0.5) is 0 Å². The van der Waals surface area contributed by atoms with Gasteiger partial charge in [0.25, 0.3) is 0 Å². The summed E-state index contributed by atoms with van der Waals surface area (Å²) < 4.78 is 5.33. The Balaban J connectivity index is 0.000000461. The van der Waals surface area contributed by atoms with Crippen LogP contribution in [0.5, 0.6) is 0 Å². The summed E-state index contributed by atoms with van der Waals surface area (Å²) in [5.74, 6) is 0.787. The smallest absolute Gasteiger partial charge is 0.216 e. The Hall–Kier alpha value is -1.31. The maximum absolute atomic E-state index is 5.33. The Morgan fingerprint density at radius 3 is 2.29 bits per heavy atom. The largest absolute Gasteiger partial charge is 0.476 e. The first-order valence-corrected chi connectivity index (χ1v) is 5.10. The van der Waals surface area contributed by atoms with E-state index in [9.17, 15) is 0 Å². The average Bonchev–Trinajstić information content (AvgIpc) is 2.75. The van der Waals surface area contributed by atoms with Crippen molar-refractivity contribution in [3.8, 4) is 0 Å². The minimum absolute atomic E-state index is 0.725. The molecule has 14 heavy (non-hydrogen) atoms. The number of hydrogen-bond donors (Lipinski definition) is 0. The highest BCUT2D eigenvalue weighted by atomic mass is 16.5. The van der Waals surface area contributed by atoms with Crippen LogP contribution in [-0.2, 0) is 4.74 Å². The third-order valence-electron chi connectivity index (χ3n) is 1.88. The molecule has 1 aromatic rings. The van der Waals surface area contributed by atoms with Crippen LogP contribution in [-0.4, -0.2) is 19.0 Å². The van der Waals surface area contributed by atoms with Gasteiger partial charge in [0.05, 0.1) is 6.54 Å². The molecule has 1 heterocycles. The highest BCUT2D eigenvalue weighted by Gasteiger charge is 2.08. The van der Waals surface area contributed by atoms with Gasteiger partial charge < -0.3 is 4.74 Å². The number of hydrogen-bond acceptors (Lipinski definition) is 2. The molecule has 76 valence electrons. The Labute approximate surface area is 85.6 Å². The van der Waals surface area contributed by atoms with Gasteiger partial charge in [-0.25, -0.2) is 4.99 Å². The molecule has 0 radical (unpaired) electrons. The predicted octanol–water partition coefficient (Wildman–Crippen LogP) is 2.80. The first-order valence-electron chi connectivity index (χ1n) is 5.10. The zero-order valence-corrected chi connectivity index (χ0v) is 9.08. The second kappa shape index (κ2) is 5.43. The summed E-state index contributed by atoms with van der Waals surface area (Å²) in [6.45, 7) is 7.59. The third kappa shape index (κ3) is 2.59. The van der Waals surface area contributed by atoms with Crippen molar-refractivity contribution in [1.82, 2.24) is 0 Å². The number of benzene rings is 1. The molecule has 0 spiro atoms. The van der Waals surface area contributed by atoms with Crippen molar-refractivity contribution in [2.75, 3.05) is 13.2 Å². The zero-order chi connectivity index (χ0) is 10.4. The van der Waals surface area contributed by atoms with Crippen molar-refractivity contribution in [3.05, 3.63) is 35.4 Å². The first-order chi connectivity index (χ1) is 6.86. The van der Waals surface area contributed by atoms with Gasteiger partial charge in [0, 0.05) is 5.56 Å². The van der Waals surface area contributed by atoms with Gasteiger partial charge in [-0.3, -0.25) is 0 Å². The quantitative estimate of drug-likeness (QED) is 0.669. The molecule has 0 N–H and O–H groups in total. The van der Waals surface area contributed by atoms with Crippen LogP contribution in [0.1, 0.15) is 25.0 Å². The molecule has 2 nitrogen and oxygen atoms in total. The lowest BCUT2D eigenvalue weighted by molar-refractivity contribution is 0.348. The van der Waals surface area contributed by atoms with Gasteiger partial charge in [-0.1, -0.05) is 31.5 Å². The van der Waals surface area contributed by atoms with E-state index < -0.39 is 0 Å². The molecule has 0 atom stereocenters. The van der Waals surface area contributed by atoms with Crippen LogP contribution in [0.3, 0.4) is 0 Å². The lowest BCUT2D eigenvalue weighted by Gasteiger charge is -2.00. The first kappa shape index (κ1) is 10.8. The summed E-state index contributed by atoms with van der Waals surface area (Å²) in [5.41, 5.74) is 2.34. The van der Waals surface area contributed by atoms with E-state index in [2.05, 4.69) is 24.0 Å². The molecular formula is C12H17NO. The topological polar surface area (TPSA) is 21.6 Å². The summed E-state index contributed by atoms with van der Waals surface area (Å²) in [6, 6.07) is 8.22. The number of rotatable bonds is 1. The number of aliphatic imine (C=N–C) groups is 1. The van der Waals surface area contributed by atoms with E-state index in [4.69, 9.17) is 4.74 Å². The highest BCUT2D eigenvalue weighted by molar-refractivity contribution is 5.94. The summed E-state index contributed by atoms with van der Waals surface area (Å²) >= 11 is 0. The number of nitrogens with zero attached hydrogens (tertiary/aromatic N) is 1. The van der Waals surface area contributed by atoms with Crippen molar-refractivity contribution >= 4 is 5.90 Å². The molecular weight excluding hydrogens is 174 g/mol. The highest BCUT2D eigenvalue weighted by Crippen LogP contribution is 2.08. The zero-order valence-electron chi connectivity index (χ0n) is 9.08. The van der Waals surface area contributed by atoms with E-state index in [1.54, 1.807) is 0 Å². The van der Waals surface area contributed by atoms with E-state index in [1.807, 2.05) is 26.0 Å². The van der Waals surface area contributed by atoms with E-state index in [-0.39, 0.29) is 0 Å². The maximum Gasteiger partial charge on any atom is 0.216 e. The Bertz CT molecular complexity index is 301. The summed E-state index contributed by atoms with van der Waals surface area (Å²) in [6.07, 6.45) is 0. The van der Waals surface area contributed by atoms with Crippen molar-refractivity contribution < 1.29 is 4.74 Å². The second-order valence-electron chi connectivity index (χ2n) is 2.90. The molecule has 1 aliphatic rings. The SMILES string of the molecule is CC.Cc1ccc(C2=NCCO2)cc1. The molecule has 0 unspecified atom stereocenters. The monoisotopic (exact) mass is 191 g/mol. The van der Waals surface area contributed by atoms with E-state index in [0.29, 0.717) is 0 Å². The van der Waals surface area contributed by atoms with Crippen LogP contribution >= 0.6 is 0 Å². The molecule has 1 aliphatic heterocycles. The second-order valence-corrected chi connectivity index (χ2v) is 2.90. The van der Waals surface area contributed by atoms with Gasteiger partial charge in [0.2, 0.25) is 5.90 Å². The van der Waals surface area contributed by atoms with Gasteiger partial charge in [-0.05, 0) is 19.1 Å². The minimum Gasteiger partial charge on any atom is -0.476 e. The molecule has 0 aliphatic carbocycles. The molecule has 2 rings (SSSR count). The molecule has 0 aromatic heterocycles. The van der Waals surface area contributed by atoms with Gasteiger partial charge >= 0.3 is 0 Å². The summed E-state index contributed by atoms with van der Waals surface area (Å²) in [4.78, 5) is 4.23. The average molecular weight is 191 g/mol. The lowest BCUT2D eigenvalue weighted by atomic mass is 10.1. The van der Waals surface area contributed by atoms with Crippen LogP contribution in [0.25, 0.3) is 0 Å². The summed E-state index contributed by atoms with van der Waals surface area (Å²) in [5, 5.41) is 0. The fraction of sp³-hybridized carbons (Fsp3) is 0.417. The van der Waals surface area contributed by atoms with Crippen LogP contribution in [0.2, 0.25) is 0 Å². The third-order valence-corrected chi connectivity index (χ3v) is 1.88. The molecule has 0 saturated carbocycles. The fourth-order valence-electron chi connectivity index (χ4n) is 1.21. The van der Waals surface area contributed by atoms with Gasteiger partial charge in [0.1, 0.15) is 6.61 Å². The Morgan fingerprint density at radius 1 is 1.14 bits per heavy atom. The van der Waals surface area contributed by atoms with E-state index in [0.717, 1.165) is 24.6 Å². The van der Waals surface area contributed by atoms with Crippen LogP contribution in [0, 0.1) is 6.92 Å².